The van der Waals surface area contributed by atoms with Gasteiger partial charge in [0.2, 0.25) is 0 Å². The molecule has 0 spiro atoms. The number of methoxy groups -OCH3 is 1. The van der Waals surface area contributed by atoms with Gasteiger partial charge in [-0.15, -0.1) is 0 Å². The second-order valence-electron chi connectivity index (χ2n) is 7.85. The van der Waals surface area contributed by atoms with E-state index in [4.69, 9.17) is 9.15 Å². The summed E-state index contributed by atoms with van der Waals surface area (Å²) in [4.78, 5) is 16.2. The van der Waals surface area contributed by atoms with Gasteiger partial charge >= 0.3 is 6.16 Å². The molecule has 29 heavy (non-hydrogen) atoms. The molecule has 3 rings (SSSR count). The van der Waals surface area contributed by atoms with Crippen LogP contribution in [0.3, 0.4) is 0 Å². The Balaban J connectivity index is 2.22. The number of phenolic OH excluding ortho intramolecular Hbond substituents is 1. The highest BCUT2D eigenvalue weighted by Crippen LogP contribution is 2.41. The summed E-state index contributed by atoms with van der Waals surface area (Å²) in [5.41, 5.74) is 2.89. The van der Waals surface area contributed by atoms with Crippen molar-refractivity contribution in [2.45, 2.75) is 39.0 Å². The first-order chi connectivity index (χ1) is 13.7. The van der Waals surface area contributed by atoms with Crippen molar-refractivity contribution in [3.63, 3.8) is 0 Å². The van der Waals surface area contributed by atoms with Crippen LogP contribution >= 0.6 is 0 Å². The minimum atomic E-state index is -0.797. The first kappa shape index (κ1) is 20.5. The van der Waals surface area contributed by atoms with Crippen molar-refractivity contribution in [1.82, 2.24) is 4.98 Å². The molecule has 152 valence electrons. The predicted molar refractivity (Wildman–Crippen MR) is 108 cm³/mol. The van der Waals surface area contributed by atoms with Crippen molar-refractivity contribution in [2.75, 3.05) is 7.11 Å². The van der Waals surface area contributed by atoms with E-state index in [0.717, 1.165) is 16.7 Å². The molecule has 1 atom stereocenters. The van der Waals surface area contributed by atoms with Gasteiger partial charge in [0.25, 0.3) is 0 Å². The molecular formula is C23H25NO5. The van der Waals surface area contributed by atoms with Gasteiger partial charge in [0.1, 0.15) is 17.3 Å². The minimum absolute atomic E-state index is 0.232. The van der Waals surface area contributed by atoms with Crippen LogP contribution in [0, 0.1) is 6.92 Å². The number of aromatic hydroxyl groups is 1. The second-order valence-corrected chi connectivity index (χ2v) is 7.85. The maximum atomic E-state index is 11.8. The van der Waals surface area contributed by atoms with Crippen LogP contribution in [0.4, 0.5) is 4.79 Å². The fourth-order valence-electron chi connectivity index (χ4n) is 3.35. The summed E-state index contributed by atoms with van der Waals surface area (Å²) in [6, 6.07) is 12.7. The Bertz CT molecular complexity index is 1020. The average Bonchev–Trinajstić information content (AvgIpc) is 3.09. The molecule has 0 aliphatic heterocycles. The SMILES string of the molecule is COC(=O)Oc1ccccc1C(c1ccc(O)c(C(C)(C)C)c1)c1ncoc1C. The third-order valence-corrected chi connectivity index (χ3v) is 4.81. The van der Waals surface area contributed by atoms with Crippen molar-refractivity contribution in [2.24, 2.45) is 0 Å². The van der Waals surface area contributed by atoms with E-state index < -0.39 is 6.16 Å². The zero-order chi connectivity index (χ0) is 21.2. The number of oxazole rings is 1. The van der Waals surface area contributed by atoms with Gasteiger partial charge in [-0.05, 0) is 35.6 Å². The Morgan fingerprint density at radius 1 is 1.17 bits per heavy atom. The van der Waals surface area contributed by atoms with Crippen LogP contribution in [0.25, 0.3) is 0 Å². The Hall–Kier alpha value is -3.28. The van der Waals surface area contributed by atoms with Crippen LogP contribution in [0.1, 0.15) is 54.8 Å². The molecule has 1 heterocycles. The van der Waals surface area contributed by atoms with Gasteiger partial charge in [0.05, 0.1) is 18.7 Å². The number of hydrogen-bond acceptors (Lipinski definition) is 6. The fraction of sp³-hybridized carbons (Fsp3) is 0.304. The number of para-hydroxylation sites is 1. The van der Waals surface area contributed by atoms with Gasteiger partial charge < -0.3 is 19.0 Å². The zero-order valence-electron chi connectivity index (χ0n) is 17.2. The van der Waals surface area contributed by atoms with E-state index >= 15 is 0 Å². The van der Waals surface area contributed by atoms with E-state index in [-0.39, 0.29) is 17.1 Å². The lowest BCUT2D eigenvalue weighted by Crippen LogP contribution is -2.15. The quantitative estimate of drug-likeness (QED) is 0.476. The first-order valence-electron chi connectivity index (χ1n) is 9.30. The maximum absolute atomic E-state index is 11.8. The summed E-state index contributed by atoms with van der Waals surface area (Å²) >= 11 is 0. The van der Waals surface area contributed by atoms with Crippen LogP contribution < -0.4 is 4.74 Å². The molecule has 0 aliphatic carbocycles. The number of aromatic nitrogens is 1. The highest BCUT2D eigenvalue weighted by molar-refractivity contribution is 5.65. The summed E-state index contributed by atoms with van der Waals surface area (Å²) in [5, 5.41) is 10.4. The Labute approximate surface area is 170 Å². The van der Waals surface area contributed by atoms with E-state index in [0.29, 0.717) is 17.2 Å². The highest BCUT2D eigenvalue weighted by Gasteiger charge is 2.28. The number of rotatable bonds is 4. The van der Waals surface area contributed by atoms with Crippen molar-refractivity contribution >= 4 is 6.16 Å². The molecular weight excluding hydrogens is 370 g/mol. The number of nitrogens with zero attached hydrogens (tertiary/aromatic N) is 1. The molecule has 0 bridgehead atoms. The standard InChI is InChI=1S/C23H25NO5/c1-14-21(24-13-28-14)20(15-10-11-18(25)17(12-15)23(2,3)4)16-8-6-7-9-19(16)29-22(26)27-5/h6-13,20,25H,1-5H3. The van der Waals surface area contributed by atoms with E-state index in [1.54, 1.807) is 18.2 Å². The van der Waals surface area contributed by atoms with Crippen LogP contribution in [0.15, 0.2) is 53.3 Å². The fourth-order valence-corrected chi connectivity index (χ4v) is 3.35. The number of carbonyl (C=O) groups excluding carboxylic acids is 1. The van der Waals surface area contributed by atoms with Crippen LogP contribution in [0.2, 0.25) is 0 Å². The molecule has 1 N–H and O–H groups in total. The van der Waals surface area contributed by atoms with Gasteiger partial charge in [0, 0.05) is 5.56 Å². The Kier molecular flexibility index (Phi) is 5.64. The number of benzene rings is 2. The normalized spacial score (nSPS) is 12.4. The largest absolute Gasteiger partial charge is 0.513 e. The molecule has 6 heteroatoms. The lowest BCUT2D eigenvalue weighted by atomic mass is 9.81. The lowest BCUT2D eigenvalue weighted by Gasteiger charge is -2.24. The zero-order valence-corrected chi connectivity index (χ0v) is 17.2. The van der Waals surface area contributed by atoms with Crippen LogP contribution in [0.5, 0.6) is 11.5 Å². The second kappa shape index (κ2) is 7.99. The van der Waals surface area contributed by atoms with Crippen molar-refractivity contribution < 1.29 is 23.8 Å². The van der Waals surface area contributed by atoms with E-state index in [9.17, 15) is 9.90 Å². The number of hydrogen-bond donors (Lipinski definition) is 1. The maximum Gasteiger partial charge on any atom is 0.513 e. The molecule has 1 unspecified atom stereocenters. The van der Waals surface area contributed by atoms with Crippen molar-refractivity contribution in [3.8, 4) is 11.5 Å². The monoisotopic (exact) mass is 395 g/mol. The van der Waals surface area contributed by atoms with Gasteiger partial charge in [-0.25, -0.2) is 9.78 Å². The van der Waals surface area contributed by atoms with Crippen molar-refractivity contribution in [1.29, 1.82) is 0 Å². The van der Waals surface area contributed by atoms with E-state index in [1.165, 1.54) is 13.5 Å². The minimum Gasteiger partial charge on any atom is -0.508 e. The summed E-state index contributed by atoms with van der Waals surface area (Å²) in [6.45, 7) is 7.95. The average molecular weight is 395 g/mol. The molecule has 0 saturated carbocycles. The summed E-state index contributed by atoms with van der Waals surface area (Å²) in [5.74, 6) is 0.901. The Morgan fingerprint density at radius 2 is 1.90 bits per heavy atom. The smallest absolute Gasteiger partial charge is 0.508 e. The molecule has 0 fully saturated rings. The predicted octanol–water partition coefficient (Wildman–Crippen LogP) is 5.31. The third-order valence-electron chi connectivity index (χ3n) is 4.81. The van der Waals surface area contributed by atoms with Crippen LogP contribution in [-0.2, 0) is 10.2 Å². The number of phenols is 1. The van der Waals surface area contributed by atoms with Gasteiger partial charge in [-0.2, -0.15) is 0 Å². The number of carbonyl (C=O) groups is 1. The Morgan fingerprint density at radius 3 is 2.52 bits per heavy atom. The number of ether oxygens (including phenoxy) is 2. The van der Waals surface area contributed by atoms with Crippen molar-refractivity contribution in [3.05, 3.63) is 77.0 Å². The molecule has 6 nitrogen and oxygen atoms in total. The summed E-state index contributed by atoms with van der Waals surface area (Å²) < 4.78 is 15.5. The molecule has 2 aromatic carbocycles. The van der Waals surface area contributed by atoms with Gasteiger partial charge in [-0.1, -0.05) is 51.1 Å². The molecule has 0 amide bonds. The summed E-state index contributed by atoms with van der Waals surface area (Å²) in [6.07, 6.45) is 0.598. The molecule has 0 radical (unpaired) electrons. The number of aryl methyl sites for hydroxylation is 1. The van der Waals surface area contributed by atoms with E-state index in [2.05, 4.69) is 9.72 Å². The molecule has 0 aliphatic rings. The highest BCUT2D eigenvalue weighted by atomic mass is 16.7. The third kappa shape index (κ3) is 4.26. The molecule has 3 aromatic rings. The molecule has 1 aromatic heterocycles. The van der Waals surface area contributed by atoms with Gasteiger partial charge in [-0.3, -0.25) is 0 Å². The topological polar surface area (TPSA) is 81.8 Å². The first-order valence-corrected chi connectivity index (χ1v) is 9.30. The van der Waals surface area contributed by atoms with E-state index in [1.807, 2.05) is 52.0 Å². The van der Waals surface area contributed by atoms with Gasteiger partial charge in [0.15, 0.2) is 6.39 Å². The summed E-state index contributed by atoms with van der Waals surface area (Å²) in [7, 11) is 1.26. The van der Waals surface area contributed by atoms with Crippen LogP contribution in [-0.4, -0.2) is 23.4 Å². The lowest BCUT2D eigenvalue weighted by molar-refractivity contribution is 0.121. The molecule has 0 saturated heterocycles.